The van der Waals surface area contributed by atoms with Crippen LogP contribution in [0, 0.1) is 0 Å². The van der Waals surface area contributed by atoms with Crippen LogP contribution < -0.4 is 9.47 Å². The van der Waals surface area contributed by atoms with Crippen LogP contribution >= 0.6 is 0 Å². The Morgan fingerprint density at radius 1 is 1.10 bits per heavy atom. The molecule has 0 aliphatic rings. The van der Waals surface area contributed by atoms with Crippen molar-refractivity contribution >= 4 is 5.78 Å². The average Bonchev–Trinajstić information content (AvgIpc) is 2.47. The summed E-state index contributed by atoms with van der Waals surface area (Å²) in [5.74, 6) is 0.888. The van der Waals surface area contributed by atoms with Gasteiger partial charge in [0.2, 0.25) is 0 Å². The molecule has 2 rings (SSSR count). The van der Waals surface area contributed by atoms with E-state index in [0.717, 1.165) is 0 Å². The number of carbonyl (C=O) groups is 1. The summed E-state index contributed by atoms with van der Waals surface area (Å²) >= 11 is 0. The van der Waals surface area contributed by atoms with E-state index in [0.29, 0.717) is 23.7 Å². The summed E-state index contributed by atoms with van der Waals surface area (Å²) in [6, 6.07) is 11.4. The summed E-state index contributed by atoms with van der Waals surface area (Å²) in [6.07, 6.45) is 0. The van der Waals surface area contributed by atoms with Crippen molar-refractivity contribution in [2.75, 3.05) is 13.7 Å². The molecular formula is C16H16O4. The third-order valence-electron chi connectivity index (χ3n) is 2.88. The largest absolute Gasteiger partial charge is 0.507 e. The van der Waals surface area contributed by atoms with Crippen LogP contribution in [-0.4, -0.2) is 24.6 Å². The summed E-state index contributed by atoms with van der Waals surface area (Å²) in [6.45, 7) is 2.36. The first-order valence-electron chi connectivity index (χ1n) is 6.30. The molecule has 0 atom stereocenters. The monoisotopic (exact) mass is 272 g/mol. The SMILES string of the molecule is CCOc1ccc(C(=O)c2ccc(OC)cc2)c(O)c1. The second kappa shape index (κ2) is 6.10. The highest BCUT2D eigenvalue weighted by atomic mass is 16.5. The maximum Gasteiger partial charge on any atom is 0.196 e. The highest BCUT2D eigenvalue weighted by Crippen LogP contribution is 2.26. The lowest BCUT2D eigenvalue weighted by molar-refractivity contribution is 0.103. The van der Waals surface area contributed by atoms with E-state index in [1.54, 1.807) is 43.5 Å². The fourth-order valence-electron chi connectivity index (χ4n) is 1.86. The molecule has 4 heteroatoms. The van der Waals surface area contributed by atoms with Crippen LogP contribution in [0.1, 0.15) is 22.8 Å². The number of rotatable bonds is 5. The van der Waals surface area contributed by atoms with E-state index in [9.17, 15) is 9.90 Å². The maximum absolute atomic E-state index is 12.3. The molecule has 104 valence electrons. The molecule has 0 unspecified atom stereocenters. The molecule has 0 saturated heterocycles. The quantitative estimate of drug-likeness (QED) is 0.850. The van der Waals surface area contributed by atoms with Crippen LogP contribution in [0.5, 0.6) is 17.2 Å². The van der Waals surface area contributed by atoms with E-state index in [4.69, 9.17) is 9.47 Å². The molecule has 0 heterocycles. The second-order valence-electron chi connectivity index (χ2n) is 4.17. The molecule has 4 nitrogen and oxygen atoms in total. The van der Waals surface area contributed by atoms with Gasteiger partial charge in [-0.05, 0) is 43.3 Å². The summed E-state index contributed by atoms with van der Waals surface area (Å²) in [5, 5.41) is 9.92. The third kappa shape index (κ3) is 2.91. The molecule has 1 N–H and O–H groups in total. The predicted molar refractivity (Wildman–Crippen MR) is 75.7 cm³/mol. The van der Waals surface area contributed by atoms with Crippen molar-refractivity contribution in [3.05, 3.63) is 53.6 Å². The fourth-order valence-corrected chi connectivity index (χ4v) is 1.86. The minimum atomic E-state index is -0.242. The molecule has 0 saturated carbocycles. The van der Waals surface area contributed by atoms with Gasteiger partial charge in [0, 0.05) is 11.6 Å². The molecule has 0 bridgehead atoms. The zero-order valence-electron chi connectivity index (χ0n) is 11.4. The number of benzene rings is 2. The normalized spacial score (nSPS) is 10.1. The van der Waals surface area contributed by atoms with Crippen molar-refractivity contribution in [2.45, 2.75) is 6.92 Å². The standard InChI is InChI=1S/C16H16O4/c1-3-20-13-8-9-14(15(17)10-13)16(18)11-4-6-12(19-2)7-5-11/h4-10,17H,3H2,1-2H3. The van der Waals surface area contributed by atoms with E-state index in [2.05, 4.69) is 0 Å². The number of phenolic OH excluding ortho intramolecular Hbond substituents is 1. The van der Waals surface area contributed by atoms with Crippen molar-refractivity contribution in [3.63, 3.8) is 0 Å². The summed E-state index contributed by atoms with van der Waals surface area (Å²) in [5.41, 5.74) is 0.740. The Hall–Kier alpha value is -2.49. The van der Waals surface area contributed by atoms with E-state index < -0.39 is 0 Å². The number of ketones is 1. The van der Waals surface area contributed by atoms with Crippen molar-refractivity contribution in [3.8, 4) is 17.2 Å². The number of methoxy groups -OCH3 is 1. The van der Waals surface area contributed by atoms with Gasteiger partial charge in [0.15, 0.2) is 5.78 Å². The number of ether oxygens (including phenoxy) is 2. The Kier molecular flexibility index (Phi) is 4.25. The van der Waals surface area contributed by atoms with E-state index >= 15 is 0 Å². The molecule has 0 aliphatic heterocycles. The lowest BCUT2D eigenvalue weighted by Gasteiger charge is -2.08. The molecule has 0 amide bonds. The first-order chi connectivity index (χ1) is 9.65. The molecular weight excluding hydrogens is 256 g/mol. The first-order valence-corrected chi connectivity index (χ1v) is 6.30. The van der Waals surface area contributed by atoms with Gasteiger partial charge in [0.1, 0.15) is 17.2 Å². The molecule has 0 radical (unpaired) electrons. The Labute approximate surface area is 117 Å². The lowest BCUT2D eigenvalue weighted by Crippen LogP contribution is -2.02. The zero-order chi connectivity index (χ0) is 14.5. The van der Waals surface area contributed by atoms with Gasteiger partial charge in [-0.3, -0.25) is 4.79 Å². The van der Waals surface area contributed by atoms with Crippen LogP contribution in [0.15, 0.2) is 42.5 Å². The number of carbonyl (C=O) groups excluding carboxylic acids is 1. The maximum atomic E-state index is 12.3. The number of hydrogen-bond acceptors (Lipinski definition) is 4. The van der Waals surface area contributed by atoms with Crippen LogP contribution in [0.4, 0.5) is 0 Å². The van der Waals surface area contributed by atoms with Crippen molar-refractivity contribution in [2.24, 2.45) is 0 Å². The molecule has 2 aromatic rings. The highest BCUT2D eigenvalue weighted by Gasteiger charge is 2.14. The first kappa shape index (κ1) is 13.9. The summed E-state index contributed by atoms with van der Waals surface area (Å²) < 4.78 is 10.3. The second-order valence-corrected chi connectivity index (χ2v) is 4.17. The summed E-state index contributed by atoms with van der Waals surface area (Å²) in [7, 11) is 1.56. The van der Waals surface area contributed by atoms with E-state index in [1.165, 1.54) is 6.07 Å². The molecule has 0 spiro atoms. The molecule has 2 aromatic carbocycles. The smallest absolute Gasteiger partial charge is 0.196 e. The predicted octanol–water partition coefficient (Wildman–Crippen LogP) is 3.03. The Bertz CT molecular complexity index is 602. The number of hydrogen-bond donors (Lipinski definition) is 1. The van der Waals surface area contributed by atoms with Crippen LogP contribution in [0.3, 0.4) is 0 Å². The van der Waals surface area contributed by atoms with Gasteiger partial charge < -0.3 is 14.6 Å². The average molecular weight is 272 g/mol. The van der Waals surface area contributed by atoms with Gasteiger partial charge in [-0.1, -0.05) is 0 Å². The van der Waals surface area contributed by atoms with Gasteiger partial charge >= 0.3 is 0 Å². The highest BCUT2D eigenvalue weighted by molar-refractivity contribution is 6.10. The molecule has 20 heavy (non-hydrogen) atoms. The van der Waals surface area contributed by atoms with Gasteiger partial charge in [-0.25, -0.2) is 0 Å². The fraction of sp³-hybridized carbons (Fsp3) is 0.188. The third-order valence-corrected chi connectivity index (χ3v) is 2.88. The minimum absolute atomic E-state index is 0.0863. The van der Waals surface area contributed by atoms with Crippen LogP contribution in [-0.2, 0) is 0 Å². The van der Waals surface area contributed by atoms with Crippen molar-refractivity contribution in [1.82, 2.24) is 0 Å². The Balaban J connectivity index is 2.28. The Morgan fingerprint density at radius 3 is 2.30 bits per heavy atom. The van der Waals surface area contributed by atoms with Crippen LogP contribution in [0.25, 0.3) is 0 Å². The lowest BCUT2D eigenvalue weighted by atomic mass is 10.0. The summed E-state index contributed by atoms with van der Waals surface area (Å²) in [4.78, 5) is 12.3. The molecule has 0 aromatic heterocycles. The molecule has 0 aliphatic carbocycles. The van der Waals surface area contributed by atoms with Gasteiger partial charge in [-0.2, -0.15) is 0 Å². The Morgan fingerprint density at radius 2 is 1.75 bits per heavy atom. The van der Waals surface area contributed by atoms with Gasteiger partial charge in [0.05, 0.1) is 19.3 Å². The molecule has 0 fully saturated rings. The van der Waals surface area contributed by atoms with Crippen LogP contribution in [0.2, 0.25) is 0 Å². The minimum Gasteiger partial charge on any atom is -0.507 e. The topological polar surface area (TPSA) is 55.8 Å². The number of aromatic hydroxyl groups is 1. The van der Waals surface area contributed by atoms with E-state index in [-0.39, 0.29) is 17.1 Å². The van der Waals surface area contributed by atoms with Gasteiger partial charge in [0.25, 0.3) is 0 Å². The van der Waals surface area contributed by atoms with Gasteiger partial charge in [-0.15, -0.1) is 0 Å². The van der Waals surface area contributed by atoms with Crippen molar-refractivity contribution < 1.29 is 19.4 Å². The zero-order valence-corrected chi connectivity index (χ0v) is 11.4. The van der Waals surface area contributed by atoms with E-state index in [1.807, 2.05) is 6.92 Å². The number of phenols is 1. The van der Waals surface area contributed by atoms with Crippen molar-refractivity contribution in [1.29, 1.82) is 0 Å².